The lowest BCUT2D eigenvalue weighted by Crippen LogP contribution is -2.18. The van der Waals surface area contributed by atoms with E-state index >= 15 is 0 Å². The Kier molecular flexibility index (Phi) is 4.78. The summed E-state index contributed by atoms with van der Waals surface area (Å²) in [6, 6.07) is 1.68. The van der Waals surface area contributed by atoms with E-state index < -0.39 is 0 Å². The van der Waals surface area contributed by atoms with E-state index in [1.54, 1.807) is 6.07 Å². The van der Waals surface area contributed by atoms with Crippen molar-refractivity contribution < 1.29 is 14.6 Å². The predicted octanol–water partition coefficient (Wildman–Crippen LogP) is 0.677. The molecule has 1 aromatic rings. The van der Waals surface area contributed by atoms with Gasteiger partial charge in [0.15, 0.2) is 0 Å². The zero-order valence-corrected chi connectivity index (χ0v) is 9.73. The van der Waals surface area contributed by atoms with Crippen molar-refractivity contribution in [2.75, 3.05) is 26.1 Å². The van der Waals surface area contributed by atoms with Crippen molar-refractivity contribution in [1.82, 2.24) is 9.97 Å². The molecule has 0 aliphatic carbocycles. The SMILES string of the molecule is COc1cc(OC)nc(NC(C)CCO)n1. The number of methoxy groups -OCH3 is 2. The standard InChI is InChI=1S/C10H17N3O3/c1-7(4-5-14)11-10-12-8(15-2)6-9(13-10)16-3/h6-7,14H,4-5H2,1-3H3,(H,11,12,13). The third-order valence-electron chi connectivity index (χ3n) is 2.04. The minimum absolute atomic E-state index is 0.0850. The number of rotatable bonds is 6. The number of aliphatic hydroxyl groups excluding tert-OH is 1. The molecular formula is C10H17N3O3. The number of anilines is 1. The van der Waals surface area contributed by atoms with Gasteiger partial charge in [0.25, 0.3) is 0 Å². The molecule has 0 saturated heterocycles. The summed E-state index contributed by atoms with van der Waals surface area (Å²) < 4.78 is 10.0. The van der Waals surface area contributed by atoms with E-state index in [-0.39, 0.29) is 12.6 Å². The fraction of sp³-hybridized carbons (Fsp3) is 0.600. The van der Waals surface area contributed by atoms with Crippen LogP contribution in [0.25, 0.3) is 0 Å². The molecule has 0 amide bonds. The third kappa shape index (κ3) is 3.54. The van der Waals surface area contributed by atoms with E-state index in [9.17, 15) is 0 Å². The van der Waals surface area contributed by atoms with Crippen molar-refractivity contribution in [3.05, 3.63) is 6.07 Å². The van der Waals surface area contributed by atoms with E-state index in [1.807, 2.05) is 6.92 Å². The van der Waals surface area contributed by atoms with Crippen molar-refractivity contribution in [1.29, 1.82) is 0 Å². The zero-order valence-electron chi connectivity index (χ0n) is 9.73. The molecule has 0 bridgehead atoms. The molecule has 1 rings (SSSR count). The molecule has 6 heteroatoms. The number of hydrogen-bond acceptors (Lipinski definition) is 6. The molecular weight excluding hydrogens is 210 g/mol. The summed E-state index contributed by atoms with van der Waals surface area (Å²) in [6.45, 7) is 2.06. The topological polar surface area (TPSA) is 76.5 Å². The maximum Gasteiger partial charge on any atom is 0.229 e. The number of nitrogens with zero attached hydrogens (tertiary/aromatic N) is 2. The highest BCUT2D eigenvalue weighted by atomic mass is 16.5. The average molecular weight is 227 g/mol. The van der Waals surface area contributed by atoms with Crippen LogP contribution in [-0.2, 0) is 0 Å². The summed E-state index contributed by atoms with van der Waals surface area (Å²) in [5, 5.41) is 11.8. The first-order valence-corrected chi connectivity index (χ1v) is 5.04. The Bertz CT molecular complexity index is 311. The van der Waals surface area contributed by atoms with Gasteiger partial charge in [-0.1, -0.05) is 0 Å². The summed E-state index contributed by atoms with van der Waals surface area (Å²) >= 11 is 0. The second kappa shape index (κ2) is 6.12. The van der Waals surface area contributed by atoms with Crippen molar-refractivity contribution in [2.45, 2.75) is 19.4 Å². The Hall–Kier alpha value is -1.56. The molecule has 16 heavy (non-hydrogen) atoms. The normalized spacial score (nSPS) is 12.0. The Morgan fingerprint density at radius 3 is 2.31 bits per heavy atom. The lowest BCUT2D eigenvalue weighted by Gasteiger charge is -2.13. The predicted molar refractivity (Wildman–Crippen MR) is 59.9 cm³/mol. The summed E-state index contributed by atoms with van der Waals surface area (Å²) in [5.41, 5.74) is 0. The molecule has 0 fully saturated rings. The molecule has 90 valence electrons. The van der Waals surface area contributed by atoms with Gasteiger partial charge in [-0.3, -0.25) is 0 Å². The lowest BCUT2D eigenvalue weighted by molar-refractivity contribution is 0.282. The highest BCUT2D eigenvalue weighted by Crippen LogP contribution is 2.17. The van der Waals surface area contributed by atoms with Crippen LogP contribution < -0.4 is 14.8 Å². The van der Waals surface area contributed by atoms with E-state index in [2.05, 4.69) is 15.3 Å². The number of ether oxygens (including phenoxy) is 2. The van der Waals surface area contributed by atoms with Gasteiger partial charge in [0, 0.05) is 12.6 Å². The van der Waals surface area contributed by atoms with Crippen LogP contribution in [-0.4, -0.2) is 41.9 Å². The van der Waals surface area contributed by atoms with E-state index in [4.69, 9.17) is 14.6 Å². The smallest absolute Gasteiger partial charge is 0.229 e. The Morgan fingerprint density at radius 2 is 1.88 bits per heavy atom. The van der Waals surface area contributed by atoms with Crippen molar-refractivity contribution in [2.24, 2.45) is 0 Å². The molecule has 0 saturated carbocycles. The molecule has 1 unspecified atom stereocenters. The fourth-order valence-corrected chi connectivity index (χ4v) is 1.16. The molecule has 0 spiro atoms. The summed E-state index contributed by atoms with van der Waals surface area (Å²) in [7, 11) is 3.06. The highest BCUT2D eigenvalue weighted by molar-refractivity contribution is 5.34. The van der Waals surface area contributed by atoms with Crippen LogP contribution in [0.1, 0.15) is 13.3 Å². The van der Waals surface area contributed by atoms with Crippen LogP contribution in [0.15, 0.2) is 6.07 Å². The van der Waals surface area contributed by atoms with E-state index in [0.29, 0.717) is 24.1 Å². The molecule has 1 atom stereocenters. The van der Waals surface area contributed by atoms with Crippen molar-refractivity contribution in [3.8, 4) is 11.8 Å². The number of hydrogen-bond donors (Lipinski definition) is 2. The summed E-state index contributed by atoms with van der Waals surface area (Å²) in [5.74, 6) is 1.30. The first kappa shape index (κ1) is 12.5. The Balaban J connectivity index is 2.78. The van der Waals surface area contributed by atoms with Gasteiger partial charge in [-0.15, -0.1) is 0 Å². The van der Waals surface area contributed by atoms with Gasteiger partial charge >= 0.3 is 0 Å². The third-order valence-corrected chi connectivity index (χ3v) is 2.04. The largest absolute Gasteiger partial charge is 0.481 e. The first-order valence-electron chi connectivity index (χ1n) is 5.04. The number of aromatic nitrogens is 2. The van der Waals surface area contributed by atoms with Crippen LogP contribution in [0.3, 0.4) is 0 Å². The maximum absolute atomic E-state index is 8.79. The van der Waals surface area contributed by atoms with Gasteiger partial charge in [0.2, 0.25) is 17.7 Å². The first-order chi connectivity index (χ1) is 7.69. The highest BCUT2D eigenvalue weighted by Gasteiger charge is 2.07. The van der Waals surface area contributed by atoms with Gasteiger partial charge in [-0.05, 0) is 13.3 Å². The average Bonchev–Trinajstić information content (AvgIpc) is 2.28. The Labute approximate surface area is 94.6 Å². The second-order valence-electron chi connectivity index (χ2n) is 3.33. The van der Waals surface area contributed by atoms with Crippen LogP contribution in [0.2, 0.25) is 0 Å². The minimum Gasteiger partial charge on any atom is -0.481 e. The van der Waals surface area contributed by atoms with Gasteiger partial charge in [-0.2, -0.15) is 9.97 Å². The van der Waals surface area contributed by atoms with Crippen molar-refractivity contribution in [3.63, 3.8) is 0 Å². The van der Waals surface area contributed by atoms with Gasteiger partial charge < -0.3 is 19.9 Å². The fourth-order valence-electron chi connectivity index (χ4n) is 1.16. The summed E-state index contributed by atoms with van der Waals surface area (Å²) in [4.78, 5) is 8.23. The van der Waals surface area contributed by atoms with Crippen LogP contribution in [0, 0.1) is 0 Å². The lowest BCUT2D eigenvalue weighted by atomic mass is 10.2. The second-order valence-corrected chi connectivity index (χ2v) is 3.33. The van der Waals surface area contributed by atoms with Gasteiger partial charge in [0.05, 0.1) is 20.3 Å². The molecule has 0 radical (unpaired) electrons. The van der Waals surface area contributed by atoms with E-state index in [0.717, 1.165) is 0 Å². The quantitative estimate of drug-likeness (QED) is 0.744. The molecule has 0 aliphatic rings. The van der Waals surface area contributed by atoms with Gasteiger partial charge in [0.1, 0.15) is 0 Å². The molecule has 1 heterocycles. The molecule has 2 N–H and O–H groups in total. The van der Waals surface area contributed by atoms with E-state index in [1.165, 1.54) is 14.2 Å². The monoisotopic (exact) mass is 227 g/mol. The van der Waals surface area contributed by atoms with Gasteiger partial charge in [-0.25, -0.2) is 0 Å². The maximum atomic E-state index is 8.79. The molecule has 0 aromatic carbocycles. The molecule has 6 nitrogen and oxygen atoms in total. The number of nitrogens with one attached hydrogen (secondary N) is 1. The molecule has 0 aliphatic heterocycles. The minimum atomic E-state index is 0.0850. The van der Waals surface area contributed by atoms with Crippen molar-refractivity contribution >= 4 is 5.95 Å². The summed E-state index contributed by atoms with van der Waals surface area (Å²) in [6.07, 6.45) is 0.628. The zero-order chi connectivity index (χ0) is 12.0. The Morgan fingerprint density at radius 1 is 1.31 bits per heavy atom. The number of aliphatic hydroxyl groups is 1. The van der Waals surface area contributed by atoms with Crippen LogP contribution in [0.5, 0.6) is 11.8 Å². The van der Waals surface area contributed by atoms with Crippen LogP contribution >= 0.6 is 0 Å². The molecule has 1 aromatic heterocycles. The van der Waals surface area contributed by atoms with Crippen LogP contribution in [0.4, 0.5) is 5.95 Å².